The Morgan fingerprint density at radius 2 is 2.22 bits per heavy atom. The minimum absolute atomic E-state index is 0.0962. The zero-order chi connectivity index (χ0) is 13.3. The van der Waals surface area contributed by atoms with Crippen molar-refractivity contribution in [3.63, 3.8) is 0 Å². The first-order chi connectivity index (χ1) is 8.49. The first-order valence-corrected chi connectivity index (χ1v) is 6.75. The predicted octanol–water partition coefficient (Wildman–Crippen LogP) is 0.376. The molecule has 0 aliphatic carbocycles. The van der Waals surface area contributed by atoms with Gasteiger partial charge in [0.25, 0.3) is 0 Å². The number of rotatable bonds is 2. The molecule has 2 saturated heterocycles. The fourth-order valence-corrected chi connectivity index (χ4v) is 2.67. The summed E-state index contributed by atoms with van der Waals surface area (Å²) < 4.78 is 11.0. The number of amides is 1. The number of hydrogen-bond acceptors (Lipinski definition) is 4. The van der Waals surface area contributed by atoms with Crippen LogP contribution >= 0.6 is 0 Å². The Morgan fingerprint density at radius 3 is 2.78 bits per heavy atom. The van der Waals surface area contributed by atoms with Crippen molar-refractivity contribution in [3.8, 4) is 0 Å². The van der Waals surface area contributed by atoms with Gasteiger partial charge in [0, 0.05) is 12.6 Å². The summed E-state index contributed by atoms with van der Waals surface area (Å²) in [5, 5.41) is 0. The Kier molecular flexibility index (Phi) is 3.94. The molecule has 5 heteroatoms. The summed E-state index contributed by atoms with van der Waals surface area (Å²) in [5.74, 6) is 0.120. The van der Waals surface area contributed by atoms with E-state index in [1.807, 2.05) is 18.7 Å². The van der Waals surface area contributed by atoms with Gasteiger partial charge in [0.1, 0.15) is 0 Å². The van der Waals surface area contributed by atoms with Crippen LogP contribution < -0.4 is 5.73 Å². The molecule has 2 aliphatic rings. The number of nitrogens with two attached hydrogens (primary N) is 1. The molecule has 4 atom stereocenters. The predicted molar refractivity (Wildman–Crippen MR) is 68.1 cm³/mol. The van der Waals surface area contributed by atoms with E-state index in [2.05, 4.69) is 6.92 Å². The molecule has 2 N–H and O–H groups in total. The van der Waals surface area contributed by atoms with Crippen molar-refractivity contribution < 1.29 is 14.3 Å². The largest absolute Gasteiger partial charge is 0.379 e. The van der Waals surface area contributed by atoms with Crippen LogP contribution in [0.15, 0.2) is 0 Å². The van der Waals surface area contributed by atoms with Crippen LogP contribution in [0.4, 0.5) is 0 Å². The normalized spacial score (nSPS) is 41.1. The lowest BCUT2D eigenvalue weighted by Gasteiger charge is -2.42. The average Bonchev–Trinajstić information content (AvgIpc) is 2.70. The standard InChI is InChI=1S/C13H24N2O3/c1-4-10-6-18-9(2)5-15(10)12(16)13(3)8-17-7-11(13)14/h9-11H,4-8,14H2,1-3H3. The fraction of sp³-hybridized carbons (Fsp3) is 0.923. The van der Waals surface area contributed by atoms with E-state index in [1.165, 1.54) is 0 Å². The molecule has 0 saturated carbocycles. The van der Waals surface area contributed by atoms with Gasteiger partial charge < -0.3 is 20.1 Å². The van der Waals surface area contributed by atoms with E-state index in [9.17, 15) is 4.79 Å². The van der Waals surface area contributed by atoms with E-state index < -0.39 is 5.41 Å². The van der Waals surface area contributed by atoms with E-state index in [-0.39, 0.29) is 24.1 Å². The van der Waals surface area contributed by atoms with Gasteiger partial charge in [-0.25, -0.2) is 0 Å². The molecule has 104 valence electrons. The van der Waals surface area contributed by atoms with Crippen molar-refractivity contribution in [1.29, 1.82) is 0 Å². The van der Waals surface area contributed by atoms with E-state index in [0.29, 0.717) is 26.4 Å². The van der Waals surface area contributed by atoms with Crippen LogP contribution in [-0.2, 0) is 14.3 Å². The summed E-state index contributed by atoms with van der Waals surface area (Å²) in [4.78, 5) is 14.7. The zero-order valence-corrected chi connectivity index (χ0v) is 11.5. The van der Waals surface area contributed by atoms with Gasteiger partial charge in [-0.15, -0.1) is 0 Å². The lowest BCUT2D eigenvalue weighted by molar-refractivity contribution is -0.155. The Bertz CT molecular complexity index is 323. The molecule has 0 bridgehead atoms. The Labute approximate surface area is 109 Å². The Morgan fingerprint density at radius 1 is 1.50 bits per heavy atom. The van der Waals surface area contributed by atoms with Crippen LogP contribution in [-0.4, -0.2) is 55.4 Å². The van der Waals surface area contributed by atoms with Gasteiger partial charge in [0.15, 0.2) is 0 Å². The topological polar surface area (TPSA) is 64.8 Å². The monoisotopic (exact) mass is 256 g/mol. The fourth-order valence-electron chi connectivity index (χ4n) is 2.67. The molecule has 0 spiro atoms. The lowest BCUT2D eigenvalue weighted by Crippen LogP contribution is -2.59. The highest BCUT2D eigenvalue weighted by Gasteiger charge is 2.48. The molecule has 2 fully saturated rings. The third-order valence-electron chi connectivity index (χ3n) is 4.21. The van der Waals surface area contributed by atoms with E-state index >= 15 is 0 Å². The summed E-state index contributed by atoms with van der Waals surface area (Å²) >= 11 is 0. The third-order valence-corrected chi connectivity index (χ3v) is 4.21. The SMILES string of the molecule is CCC1COC(C)CN1C(=O)C1(C)COCC1N. The second-order valence-corrected chi connectivity index (χ2v) is 5.70. The number of hydrogen-bond donors (Lipinski definition) is 1. The first kappa shape index (κ1) is 13.8. The van der Waals surface area contributed by atoms with Crippen LogP contribution in [0, 0.1) is 5.41 Å². The molecule has 18 heavy (non-hydrogen) atoms. The van der Waals surface area contributed by atoms with Gasteiger partial charge in [-0.1, -0.05) is 6.92 Å². The maximum absolute atomic E-state index is 12.8. The molecule has 2 aliphatic heterocycles. The highest BCUT2D eigenvalue weighted by molar-refractivity contribution is 5.84. The van der Waals surface area contributed by atoms with Gasteiger partial charge in [-0.2, -0.15) is 0 Å². The van der Waals surface area contributed by atoms with E-state index in [4.69, 9.17) is 15.2 Å². The molecule has 2 heterocycles. The number of carbonyl (C=O) groups excluding carboxylic acids is 1. The molecule has 1 amide bonds. The maximum Gasteiger partial charge on any atom is 0.232 e. The van der Waals surface area contributed by atoms with Crippen LogP contribution in [0.1, 0.15) is 27.2 Å². The van der Waals surface area contributed by atoms with Crippen molar-refractivity contribution in [2.75, 3.05) is 26.4 Å². The number of morpholine rings is 1. The molecule has 0 aromatic carbocycles. The van der Waals surface area contributed by atoms with Crippen molar-refractivity contribution >= 4 is 5.91 Å². The van der Waals surface area contributed by atoms with Gasteiger partial charge in [0.05, 0.1) is 37.4 Å². The molecule has 2 rings (SSSR count). The van der Waals surface area contributed by atoms with E-state index in [1.54, 1.807) is 0 Å². The quantitative estimate of drug-likeness (QED) is 0.775. The van der Waals surface area contributed by atoms with E-state index in [0.717, 1.165) is 6.42 Å². The lowest BCUT2D eigenvalue weighted by atomic mass is 9.83. The second kappa shape index (κ2) is 5.15. The van der Waals surface area contributed by atoms with Crippen LogP contribution in [0.25, 0.3) is 0 Å². The summed E-state index contributed by atoms with van der Waals surface area (Å²) in [6, 6.07) is -0.0426. The number of nitrogens with zero attached hydrogens (tertiary/aromatic N) is 1. The van der Waals surface area contributed by atoms with Gasteiger partial charge >= 0.3 is 0 Å². The molecule has 0 aromatic heterocycles. The van der Waals surface area contributed by atoms with Crippen LogP contribution in [0.2, 0.25) is 0 Å². The van der Waals surface area contributed by atoms with Crippen molar-refractivity contribution in [2.45, 2.75) is 45.4 Å². The Balaban J connectivity index is 2.15. The average molecular weight is 256 g/mol. The number of carbonyl (C=O) groups is 1. The first-order valence-electron chi connectivity index (χ1n) is 6.75. The second-order valence-electron chi connectivity index (χ2n) is 5.70. The molecular formula is C13H24N2O3. The summed E-state index contributed by atoms with van der Waals surface area (Å²) in [6.45, 7) is 8.17. The van der Waals surface area contributed by atoms with Gasteiger partial charge in [-0.3, -0.25) is 4.79 Å². The highest BCUT2D eigenvalue weighted by Crippen LogP contribution is 2.31. The summed E-state index contributed by atoms with van der Waals surface area (Å²) in [6.07, 6.45) is 1.00. The Hall–Kier alpha value is -0.650. The van der Waals surface area contributed by atoms with Gasteiger partial charge in [-0.05, 0) is 20.3 Å². The molecule has 5 nitrogen and oxygen atoms in total. The molecular weight excluding hydrogens is 232 g/mol. The summed E-state index contributed by atoms with van der Waals surface area (Å²) in [5.41, 5.74) is 5.46. The third kappa shape index (κ3) is 2.27. The molecule has 0 radical (unpaired) electrons. The summed E-state index contributed by atoms with van der Waals surface area (Å²) in [7, 11) is 0. The zero-order valence-electron chi connectivity index (χ0n) is 11.5. The maximum atomic E-state index is 12.8. The van der Waals surface area contributed by atoms with Crippen molar-refractivity contribution in [2.24, 2.45) is 11.1 Å². The van der Waals surface area contributed by atoms with Crippen LogP contribution in [0.3, 0.4) is 0 Å². The van der Waals surface area contributed by atoms with Crippen molar-refractivity contribution in [1.82, 2.24) is 4.90 Å². The smallest absolute Gasteiger partial charge is 0.232 e. The van der Waals surface area contributed by atoms with Gasteiger partial charge in [0.2, 0.25) is 5.91 Å². The number of ether oxygens (including phenoxy) is 2. The molecule has 4 unspecified atom stereocenters. The highest BCUT2D eigenvalue weighted by atomic mass is 16.5. The minimum Gasteiger partial charge on any atom is -0.379 e. The molecule has 0 aromatic rings. The minimum atomic E-state index is -0.579. The van der Waals surface area contributed by atoms with Crippen LogP contribution in [0.5, 0.6) is 0 Å². The van der Waals surface area contributed by atoms with Crippen molar-refractivity contribution in [3.05, 3.63) is 0 Å².